The lowest BCUT2D eigenvalue weighted by Gasteiger charge is -2.04. The average molecular weight is 330 g/mol. The molecule has 7 heteroatoms. The van der Waals surface area contributed by atoms with Gasteiger partial charge in [0, 0.05) is 25.3 Å². The molecule has 6 nitrogen and oxygen atoms in total. The van der Waals surface area contributed by atoms with Gasteiger partial charge < -0.3 is 14.3 Å². The molecule has 0 spiro atoms. The minimum Gasteiger partial charge on any atom is -0.441 e. The van der Waals surface area contributed by atoms with Crippen LogP contribution in [0.5, 0.6) is 0 Å². The molecule has 0 amide bonds. The molecule has 0 bridgehead atoms. The maximum atomic E-state index is 13.7. The maximum Gasteiger partial charge on any atom is 0.227 e. The van der Waals surface area contributed by atoms with Crippen LogP contribution in [0.2, 0.25) is 0 Å². The van der Waals surface area contributed by atoms with Gasteiger partial charge in [0.05, 0.1) is 11.8 Å². The molecular formula is C17H19FN4O2. The van der Waals surface area contributed by atoms with Crippen molar-refractivity contribution in [1.29, 1.82) is 0 Å². The molecule has 0 aliphatic rings. The number of likely N-dealkylation sites (N-methyl/N-ethyl adjacent to an activating group) is 1. The minimum absolute atomic E-state index is 0.283. The van der Waals surface area contributed by atoms with Crippen LogP contribution in [0, 0.1) is 5.82 Å². The van der Waals surface area contributed by atoms with Gasteiger partial charge in [-0.1, -0.05) is 17.3 Å². The largest absolute Gasteiger partial charge is 0.441 e. The molecule has 1 N–H and O–H groups in total. The van der Waals surface area contributed by atoms with Gasteiger partial charge in [0.2, 0.25) is 5.89 Å². The Balaban J connectivity index is 1.61. The Kier molecular flexibility index (Phi) is 5.00. The molecule has 2 heterocycles. The van der Waals surface area contributed by atoms with Crippen LogP contribution in [0.1, 0.15) is 24.5 Å². The van der Waals surface area contributed by atoms with Crippen molar-refractivity contribution in [3.63, 3.8) is 0 Å². The van der Waals surface area contributed by atoms with Gasteiger partial charge in [-0.3, -0.25) is 0 Å². The van der Waals surface area contributed by atoms with E-state index < -0.39 is 0 Å². The predicted molar refractivity (Wildman–Crippen MR) is 85.8 cm³/mol. The van der Waals surface area contributed by atoms with E-state index in [-0.39, 0.29) is 11.9 Å². The summed E-state index contributed by atoms with van der Waals surface area (Å²) >= 11 is 0. The van der Waals surface area contributed by atoms with Crippen molar-refractivity contribution >= 4 is 0 Å². The van der Waals surface area contributed by atoms with Crippen molar-refractivity contribution in [1.82, 2.24) is 20.4 Å². The first-order valence-electron chi connectivity index (χ1n) is 7.84. The lowest BCUT2D eigenvalue weighted by Crippen LogP contribution is -2.24. The fourth-order valence-electron chi connectivity index (χ4n) is 2.28. The summed E-state index contributed by atoms with van der Waals surface area (Å²) in [7, 11) is 1.89. The van der Waals surface area contributed by atoms with E-state index in [0.29, 0.717) is 48.2 Å². The number of halogens is 1. The molecule has 1 unspecified atom stereocenters. The third-order valence-electron chi connectivity index (χ3n) is 3.74. The SMILES string of the molecule is CNC(C)Cc1noc(CCc2ncc(-c3ccccc3F)o2)n1. The standard InChI is InChI=1S/C17H19FN4O2/c1-11(19-2)9-15-21-17(24-22-15)8-7-16-20-10-14(23-16)12-5-3-4-6-13(12)18/h3-6,10-11,19H,7-9H2,1-2H3. The van der Waals surface area contributed by atoms with Crippen LogP contribution in [0.4, 0.5) is 4.39 Å². The van der Waals surface area contributed by atoms with Gasteiger partial charge in [-0.25, -0.2) is 9.37 Å². The monoisotopic (exact) mass is 330 g/mol. The first-order chi connectivity index (χ1) is 11.7. The quantitative estimate of drug-likeness (QED) is 0.718. The third-order valence-corrected chi connectivity index (χ3v) is 3.74. The van der Waals surface area contributed by atoms with Crippen molar-refractivity contribution in [2.75, 3.05) is 7.05 Å². The molecule has 3 rings (SSSR count). The second-order valence-electron chi connectivity index (χ2n) is 5.60. The molecule has 2 aromatic heterocycles. The van der Waals surface area contributed by atoms with Crippen LogP contribution in [-0.4, -0.2) is 28.2 Å². The normalized spacial score (nSPS) is 12.5. The summed E-state index contributed by atoms with van der Waals surface area (Å²) < 4.78 is 24.6. The zero-order valence-electron chi connectivity index (χ0n) is 13.6. The molecule has 0 aliphatic carbocycles. The minimum atomic E-state index is -0.333. The van der Waals surface area contributed by atoms with Gasteiger partial charge in [0.15, 0.2) is 17.5 Å². The summed E-state index contributed by atoms with van der Waals surface area (Å²) in [5, 5.41) is 7.08. The van der Waals surface area contributed by atoms with E-state index in [9.17, 15) is 4.39 Å². The molecule has 0 saturated heterocycles. The van der Waals surface area contributed by atoms with Gasteiger partial charge in [0.1, 0.15) is 5.82 Å². The number of nitrogens with one attached hydrogen (secondary N) is 1. The van der Waals surface area contributed by atoms with Gasteiger partial charge in [-0.2, -0.15) is 4.98 Å². The number of hydrogen-bond donors (Lipinski definition) is 1. The Hall–Kier alpha value is -2.54. The number of hydrogen-bond acceptors (Lipinski definition) is 6. The van der Waals surface area contributed by atoms with E-state index in [2.05, 4.69) is 20.4 Å². The average Bonchev–Trinajstić information content (AvgIpc) is 3.22. The van der Waals surface area contributed by atoms with Crippen molar-refractivity contribution < 1.29 is 13.3 Å². The predicted octanol–water partition coefficient (Wildman–Crippen LogP) is 2.80. The first-order valence-corrected chi connectivity index (χ1v) is 7.84. The number of oxazole rings is 1. The highest BCUT2D eigenvalue weighted by Gasteiger charge is 2.13. The molecule has 24 heavy (non-hydrogen) atoms. The Labute approximate surface area is 139 Å². The van der Waals surface area contributed by atoms with E-state index in [4.69, 9.17) is 8.94 Å². The summed E-state index contributed by atoms with van der Waals surface area (Å²) in [4.78, 5) is 8.53. The zero-order chi connectivity index (χ0) is 16.9. The number of aryl methyl sites for hydroxylation is 2. The Morgan fingerprint density at radius 1 is 1.21 bits per heavy atom. The molecule has 126 valence electrons. The van der Waals surface area contributed by atoms with Crippen molar-refractivity contribution in [2.24, 2.45) is 0 Å². The summed E-state index contributed by atoms with van der Waals surface area (Å²) in [6.45, 7) is 2.05. The highest BCUT2D eigenvalue weighted by atomic mass is 19.1. The Morgan fingerprint density at radius 3 is 2.79 bits per heavy atom. The van der Waals surface area contributed by atoms with E-state index >= 15 is 0 Å². The van der Waals surface area contributed by atoms with Crippen LogP contribution in [-0.2, 0) is 19.3 Å². The van der Waals surface area contributed by atoms with Crippen LogP contribution in [0.3, 0.4) is 0 Å². The van der Waals surface area contributed by atoms with E-state index in [1.54, 1.807) is 18.2 Å². The smallest absolute Gasteiger partial charge is 0.227 e. The molecule has 3 aromatic rings. The third kappa shape index (κ3) is 3.86. The summed E-state index contributed by atoms with van der Waals surface area (Å²) in [6.07, 6.45) is 3.27. The topological polar surface area (TPSA) is 77.0 Å². The molecule has 0 aliphatic heterocycles. The van der Waals surface area contributed by atoms with Gasteiger partial charge in [0.25, 0.3) is 0 Å². The summed E-state index contributed by atoms with van der Waals surface area (Å²) in [5.74, 6) is 1.81. The van der Waals surface area contributed by atoms with Crippen molar-refractivity contribution in [3.05, 3.63) is 53.9 Å². The molecule has 0 saturated carbocycles. The van der Waals surface area contributed by atoms with Crippen LogP contribution in [0.15, 0.2) is 39.4 Å². The number of benzene rings is 1. The van der Waals surface area contributed by atoms with Gasteiger partial charge >= 0.3 is 0 Å². The lowest BCUT2D eigenvalue weighted by atomic mass is 10.2. The second-order valence-corrected chi connectivity index (χ2v) is 5.60. The summed E-state index contributed by atoms with van der Waals surface area (Å²) in [6, 6.07) is 6.73. The van der Waals surface area contributed by atoms with E-state index in [0.717, 1.165) is 0 Å². The lowest BCUT2D eigenvalue weighted by molar-refractivity contribution is 0.366. The molecule has 0 radical (unpaired) electrons. The van der Waals surface area contributed by atoms with Gasteiger partial charge in [-0.15, -0.1) is 0 Å². The van der Waals surface area contributed by atoms with Gasteiger partial charge in [-0.05, 0) is 26.1 Å². The highest BCUT2D eigenvalue weighted by molar-refractivity contribution is 5.56. The molecule has 0 fully saturated rings. The number of rotatable bonds is 7. The van der Waals surface area contributed by atoms with E-state index in [1.807, 2.05) is 14.0 Å². The van der Waals surface area contributed by atoms with E-state index in [1.165, 1.54) is 12.3 Å². The molecule has 1 aromatic carbocycles. The van der Waals surface area contributed by atoms with Crippen LogP contribution in [0.25, 0.3) is 11.3 Å². The highest BCUT2D eigenvalue weighted by Crippen LogP contribution is 2.23. The Bertz CT molecular complexity index is 799. The summed E-state index contributed by atoms with van der Waals surface area (Å²) in [5.41, 5.74) is 0.400. The number of aromatic nitrogens is 3. The fourth-order valence-corrected chi connectivity index (χ4v) is 2.28. The van der Waals surface area contributed by atoms with Crippen molar-refractivity contribution in [2.45, 2.75) is 32.2 Å². The Morgan fingerprint density at radius 2 is 2.00 bits per heavy atom. The molecular weight excluding hydrogens is 311 g/mol. The van der Waals surface area contributed by atoms with Crippen LogP contribution >= 0.6 is 0 Å². The first kappa shape index (κ1) is 16.3. The van der Waals surface area contributed by atoms with Crippen molar-refractivity contribution in [3.8, 4) is 11.3 Å². The van der Waals surface area contributed by atoms with Crippen LogP contribution < -0.4 is 5.32 Å². The number of nitrogens with zero attached hydrogens (tertiary/aromatic N) is 3. The molecule has 1 atom stereocenters. The second kappa shape index (κ2) is 7.35. The zero-order valence-corrected chi connectivity index (χ0v) is 13.6. The maximum absolute atomic E-state index is 13.7. The fraction of sp³-hybridized carbons (Fsp3) is 0.353.